The molecule has 1 N–H and O–H groups in total. The highest BCUT2D eigenvalue weighted by atomic mass is 19.1. The standard InChI is InChI=1S/C16H20FN3/c1-4-10-18-15-11(3)14(5-2)19-16(20-15)12-6-8-13(17)9-7-12/h6-9H,4-5,10H2,1-3H3,(H,18,19,20). The lowest BCUT2D eigenvalue weighted by molar-refractivity contribution is 0.628. The highest BCUT2D eigenvalue weighted by Crippen LogP contribution is 2.22. The lowest BCUT2D eigenvalue weighted by atomic mass is 10.1. The van der Waals surface area contributed by atoms with Crippen LogP contribution in [0.25, 0.3) is 11.4 Å². The summed E-state index contributed by atoms with van der Waals surface area (Å²) in [6.45, 7) is 7.10. The summed E-state index contributed by atoms with van der Waals surface area (Å²) in [6, 6.07) is 6.29. The summed E-state index contributed by atoms with van der Waals surface area (Å²) >= 11 is 0. The van der Waals surface area contributed by atoms with E-state index in [0.29, 0.717) is 5.82 Å². The van der Waals surface area contributed by atoms with Crippen LogP contribution in [-0.2, 0) is 6.42 Å². The van der Waals surface area contributed by atoms with Crippen LogP contribution in [0.1, 0.15) is 31.5 Å². The summed E-state index contributed by atoms with van der Waals surface area (Å²) in [4.78, 5) is 9.16. The zero-order valence-electron chi connectivity index (χ0n) is 12.2. The Kier molecular flexibility index (Phi) is 4.66. The third-order valence-electron chi connectivity index (χ3n) is 3.23. The molecule has 0 radical (unpaired) electrons. The Morgan fingerprint density at radius 1 is 1.10 bits per heavy atom. The molecule has 0 bridgehead atoms. The van der Waals surface area contributed by atoms with Crippen molar-refractivity contribution >= 4 is 5.82 Å². The minimum Gasteiger partial charge on any atom is -0.370 e. The van der Waals surface area contributed by atoms with Crippen LogP contribution < -0.4 is 5.32 Å². The molecular formula is C16H20FN3. The Morgan fingerprint density at radius 3 is 2.40 bits per heavy atom. The van der Waals surface area contributed by atoms with Crippen LogP contribution in [0.4, 0.5) is 10.2 Å². The van der Waals surface area contributed by atoms with Gasteiger partial charge in [0.2, 0.25) is 0 Å². The highest BCUT2D eigenvalue weighted by Gasteiger charge is 2.10. The van der Waals surface area contributed by atoms with Crippen LogP contribution in [0.2, 0.25) is 0 Å². The van der Waals surface area contributed by atoms with Crippen molar-refractivity contribution < 1.29 is 4.39 Å². The minimum atomic E-state index is -0.249. The van der Waals surface area contributed by atoms with Crippen molar-refractivity contribution in [1.29, 1.82) is 0 Å². The number of anilines is 1. The average Bonchev–Trinajstić information content (AvgIpc) is 2.47. The molecule has 1 aromatic carbocycles. The van der Waals surface area contributed by atoms with Gasteiger partial charge < -0.3 is 5.32 Å². The van der Waals surface area contributed by atoms with Crippen LogP contribution >= 0.6 is 0 Å². The van der Waals surface area contributed by atoms with Crippen molar-refractivity contribution in [3.05, 3.63) is 41.3 Å². The molecule has 20 heavy (non-hydrogen) atoms. The fraction of sp³-hybridized carbons (Fsp3) is 0.375. The normalized spacial score (nSPS) is 10.6. The predicted molar refractivity (Wildman–Crippen MR) is 80.3 cm³/mol. The van der Waals surface area contributed by atoms with Gasteiger partial charge in [0, 0.05) is 23.4 Å². The summed E-state index contributed by atoms with van der Waals surface area (Å²) in [5.74, 6) is 1.27. The van der Waals surface area contributed by atoms with E-state index in [0.717, 1.165) is 42.0 Å². The number of nitrogens with zero attached hydrogens (tertiary/aromatic N) is 2. The van der Waals surface area contributed by atoms with Crippen molar-refractivity contribution in [2.24, 2.45) is 0 Å². The Balaban J connectivity index is 2.44. The largest absolute Gasteiger partial charge is 0.370 e. The second-order valence-corrected chi connectivity index (χ2v) is 4.75. The van der Waals surface area contributed by atoms with Gasteiger partial charge in [-0.25, -0.2) is 14.4 Å². The molecule has 106 valence electrons. The van der Waals surface area contributed by atoms with Crippen LogP contribution in [0.3, 0.4) is 0 Å². The van der Waals surface area contributed by atoms with Gasteiger partial charge in [-0.2, -0.15) is 0 Å². The van der Waals surface area contributed by atoms with Crippen LogP contribution in [0.15, 0.2) is 24.3 Å². The Bertz CT molecular complexity index is 579. The first-order valence-corrected chi connectivity index (χ1v) is 7.03. The maximum atomic E-state index is 13.0. The minimum absolute atomic E-state index is 0.249. The highest BCUT2D eigenvalue weighted by molar-refractivity contribution is 5.59. The van der Waals surface area contributed by atoms with E-state index in [2.05, 4.69) is 29.1 Å². The van der Waals surface area contributed by atoms with Gasteiger partial charge in [-0.3, -0.25) is 0 Å². The number of nitrogens with one attached hydrogen (secondary N) is 1. The van der Waals surface area contributed by atoms with E-state index in [4.69, 9.17) is 0 Å². The van der Waals surface area contributed by atoms with Gasteiger partial charge in [0.25, 0.3) is 0 Å². The monoisotopic (exact) mass is 273 g/mol. The number of aryl methyl sites for hydroxylation is 1. The van der Waals surface area contributed by atoms with E-state index in [1.165, 1.54) is 12.1 Å². The van der Waals surface area contributed by atoms with Crippen LogP contribution in [0.5, 0.6) is 0 Å². The van der Waals surface area contributed by atoms with Gasteiger partial charge in [-0.15, -0.1) is 0 Å². The average molecular weight is 273 g/mol. The first-order valence-electron chi connectivity index (χ1n) is 7.03. The number of benzene rings is 1. The van der Waals surface area contributed by atoms with Gasteiger partial charge in [-0.1, -0.05) is 13.8 Å². The summed E-state index contributed by atoms with van der Waals surface area (Å²) in [7, 11) is 0. The van der Waals surface area contributed by atoms with Gasteiger partial charge in [-0.05, 0) is 44.0 Å². The molecule has 4 heteroatoms. The summed E-state index contributed by atoms with van der Waals surface area (Å²) < 4.78 is 13.0. The molecule has 0 aliphatic heterocycles. The van der Waals surface area contributed by atoms with Crippen LogP contribution in [-0.4, -0.2) is 16.5 Å². The van der Waals surface area contributed by atoms with E-state index in [9.17, 15) is 4.39 Å². The number of hydrogen-bond acceptors (Lipinski definition) is 3. The zero-order valence-corrected chi connectivity index (χ0v) is 12.2. The first-order chi connectivity index (χ1) is 9.65. The molecule has 2 rings (SSSR count). The fourth-order valence-electron chi connectivity index (χ4n) is 2.05. The number of aromatic nitrogens is 2. The molecule has 0 aliphatic carbocycles. The molecule has 1 aromatic heterocycles. The maximum Gasteiger partial charge on any atom is 0.161 e. The van der Waals surface area contributed by atoms with Crippen molar-refractivity contribution in [1.82, 2.24) is 9.97 Å². The molecule has 0 aliphatic rings. The van der Waals surface area contributed by atoms with Crippen LogP contribution in [0, 0.1) is 12.7 Å². The number of hydrogen-bond donors (Lipinski definition) is 1. The first kappa shape index (κ1) is 14.4. The molecule has 0 fully saturated rings. The molecule has 3 nitrogen and oxygen atoms in total. The van der Waals surface area contributed by atoms with Crippen molar-refractivity contribution in [2.45, 2.75) is 33.6 Å². The number of halogens is 1. The second-order valence-electron chi connectivity index (χ2n) is 4.75. The third kappa shape index (κ3) is 3.13. The molecule has 0 spiro atoms. The maximum absolute atomic E-state index is 13.0. The van der Waals surface area contributed by atoms with E-state index in [1.54, 1.807) is 12.1 Å². The lowest BCUT2D eigenvalue weighted by Crippen LogP contribution is -2.08. The van der Waals surface area contributed by atoms with Gasteiger partial charge >= 0.3 is 0 Å². The van der Waals surface area contributed by atoms with E-state index >= 15 is 0 Å². The van der Waals surface area contributed by atoms with Crippen molar-refractivity contribution in [3.8, 4) is 11.4 Å². The van der Waals surface area contributed by atoms with Gasteiger partial charge in [0.05, 0.1) is 0 Å². The summed E-state index contributed by atoms with van der Waals surface area (Å²) in [5, 5.41) is 3.33. The van der Waals surface area contributed by atoms with E-state index < -0.39 is 0 Å². The quantitative estimate of drug-likeness (QED) is 0.895. The molecule has 0 amide bonds. The predicted octanol–water partition coefficient (Wildman–Crippen LogP) is 3.98. The lowest BCUT2D eigenvalue weighted by Gasteiger charge is -2.13. The zero-order chi connectivity index (χ0) is 14.5. The van der Waals surface area contributed by atoms with Crippen molar-refractivity contribution in [2.75, 3.05) is 11.9 Å². The third-order valence-corrected chi connectivity index (χ3v) is 3.23. The SMILES string of the molecule is CCCNc1nc(-c2ccc(F)cc2)nc(CC)c1C. The summed E-state index contributed by atoms with van der Waals surface area (Å²) in [6.07, 6.45) is 1.89. The molecule has 0 atom stereocenters. The molecule has 0 unspecified atom stereocenters. The smallest absolute Gasteiger partial charge is 0.161 e. The number of rotatable bonds is 5. The molecule has 0 saturated heterocycles. The molecule has 0 saturated carbocycles. The molecule has 1 heterocycles. The Hall–Kier alpha value is -1.97. The van der Waals surface area contributed by atoms with E-state index in [-0.39, 0.29) is 5.82 Å². The fourth-order valence-corrected chi connectivity index (χ4v) is 2.05. The summed E-state index contributed by atoms with van der Waals surface area (Å²) in [5.41, 5.74) is 2.95. The Labute approximate surface area is 119 Å². The second kappa shape index (κ2) is 6.46. The molecular weight excluding hydrogens is 253 g/mol. The van der Waals surface area contributed by atoms with E-state index in [1.807, 2.05) is 6.92 Å². The van der Waals surface area contributed by atoms with Gasteiger partial charge in [0.1, 0.15) is 11.6 Å². The van der Waals surface area contributed by atoms with Crippen molar-refractivity contribution in [3.63, 3.8) is 0 Å². The molecule has 2 aromatic rings. The van der Waals surface area contributed by atoms with Gasteiger partial charge in [0.15, 0.2) is 5.82 Å². The topological polar surface area (TPSA) is 37.8 Å². The Morgan fingerprint density at radius 2 is 1.80 bits per heavy atom.